The van der Waals surface area contributed by atoms with Crippen LogP contribution in [0.2, 0.25) is 0 Å². The quantitative estimate of drug-likeness (QED) is 0.608. The van der Waals surface area contributed by atoms with Gasteiger partial charge in [-0.05, 0) is 42.2 Å². The van der Waals surface area contributed by atoms with Gasteiger partial charge in [0, 0.05) is 12.0 Å². The zero-order valence-corrected chi connectivity index (χ0v) is 16.7. The predicted octanol–water partition coefficient (Wildman–Crippen LogP) is 4.25. The van der Waals surface area contributed by atoms with Gasteiger partial charge in [0.05, 0.1) is 25.3 Å². The Bertz CT molecular complexity index is 1100. The number of carbonyl (C=O) groups excluding carboxylic acids is 1. The number of aromatic amines is 1. The summed E-state index contributed by atoms with van der Waals surface area (Å²) in [5.74, 6) is 0.921. The van der Waals surface area contributed by atoms with Gasteiger partial charge in [-0.2, -0.15) is 18.2 Å². The summed E-state index contributed by atoms with van der Waals surface area (Å²) in [5, 5.41) is 9.43. The molecule has 0 bridgehead atoms. The van der Waals surface area contributed by atoms with Gasteiger partial charge in [-0.1, -0.05) is 12.1 Å². The van der Waals surface area contributed by atoms with Crippen LogP contribution in [0.15, 0.2) is 42.5 Å². The van der Waals surface area contributed by atoms with E-state index >= 15 is 0 Å². The summed E-state index contributed by atoms with van der Waals surface area (Å²) >= 11 is 0. The molecule has 31 heavy (non-hydrogen) atoms. The number of alkyl halides is 3. The van der Waals surface area contributed by atoms with Crippen LogP contribution in [0.3, 0.4) is 0 Å². The summed E-state index contributed by atoms with van der Waals surface area (Å²) in [4.78, 5) is 16.8. The molecule has 1 fully saturated rings. The number of ether oxygens (including phenoxy) is 2. The van der Waals surface area contributed by atoms with Crippen LogP contribution in [-0.2, 0) is 11.0 Å². The molecule has 1 saturated carbocycles. The van der Waals surface area contributed by atoms with E-state index in [1.165, 1.54) is 19.2 Å². The molecule has 0 spiro atoms. The summed E-state index contributed by atoms with van der Waals surface area (Å²) in [7, 11) is 3.07. The number of rotatable bonds is 6. The average molecular weight is 432 g/mol. The zero-order valence-electron chi connectivity index (χ0n) is 16.7. The highest BCUT2D eigenvalue weighted by molar-refractivity contribution is 5.94. The summed E-state index contributed by atoms with van der Waals surface area (Å²) in [6.07, 6.45) is -3.82. The molecule has 0 radical (unpaired) electrons. The number of halogens is 3. The number of amides is 1. The van der Waals surface area contributed by atoms with Crippen molar-refractivity contribution >= 4 is 11.9 Å². The SMILES string of the molecule is COc1ccc(-c2nc(NC(=O)C3CC3c3ccc(C(F)(F)F)cc3)n[nH]2)c(OC)c1. The topological polar surface area (TPSA) is 89.1 Å². The highest BCUT2D eigenvalue weighted by atomic mass is 19.4. The number of hydrogen-bond acceptors (Lipinski definition) is 5. The minimum atomic E-state index is -4.38. The predicted molar refractivity (Wildman–Crippen MR) is 106 cm³/mol. The third-order valence-electron chi connectivity index (χ3n) is 5.18. The van der Waals surface area contributed by atoms with Crippen LogP contribution in [-0.4, -0.2) is 35.3 Å². The summed E-state index contributed by atoms with van der Waals surface area (Å²) in [6.45, 7) is 0. The van der Waals surface area contributed by atoms with E-state index < -0.39 is 11.7 Å². The first-order chi connectivity index (χ1) is 14.8. The minimum Gasteiger partial charge on any atom is -0.497 e. The third kappa shape index (κ3) is 4.32. The van der Waals surface area contributed by atoms with Crippen molar-refractivity contribution in [1.82, 2.24) is 15.2 Å². The van der Waals surface area contributed by atoms with E-state index in [9.17, 15) is 18.0 Å². The number of H-pyrrole nitrogens is 1. The molecule has 2 N–H and O–H groups in total. The van der Waals surface area contributed by atoms with Gasteiger partial charge < -0.3 is 9.47 Å². The van der Waals surface area contributed by atoms with E-state index in [4.69, 9.17) is 9.47 Å². The molecule has 1 aliphatic carbocycles. The lowest BCUT2D eigenvalue weighted by molar-refractivity contribution is -0.137. The van der Waals surface area contributed by atoms with E-state index in [1.54, 1.807) is 25.3 Å². The molecule has 1 heterocycles. The molecular formula is C21H19F3N4O3. The Morgan fingerprint density at radius 3 is 2.52 bits per heavy atom. The molecular weight excluding hydrogens is 413 g/mol. The van der Waals surface area contributed by atoms with Crippen LogP contribution in [0.4, 0.5) is 19.1 Å². The molecule has 3 aromatic rings. The second-order valence-electron chi connectivity index (χ2n) is 7.13. The number of benzene rings is 2. The monoisotopic (exact) mass is 432 g/mol. The van der Waals surface area contributed by atoms with Crippen LogP contribution >= 0.6 is 0 Å². The Morgan fingerprint density at radius 1 is 1.13 bits per heavy atom. The van der Waals surface area contributed by atoms with Crippen LogP contribution in [0.5, 0.6) is 11.5 Å². The van der Waals surface area contributed by atoms with Crippen molar-refractivity contribution in [3.05, 3.63) is 53.6 Å². The van der Waals surface area contributed by atoms with Gasteiger partial charge in [-0.25, -0.2) is 0 Å². The van der Waals surface area contributed by atoms with Crippen molar-refractivity contribution in [2.24, 2.45) is 5.92 Å². The van der Waals surface area contributed by atoms with Crippen molar-refractivity contribution in [2.45, 2.75) is 18.5 Å². The number of carbonyl (C=O) groups is 1. The molecule has 2 aromatic carbocycles. The fourth-order valence-electron chi connectivity index (χ4n) is 3.41. The molecule has 0 aliphatic heterocycles. The van der Waals surface area contributed by atoms with Gasteiger partial charge in [0.25, 0.3) is 0 Å². The lowest BCUT2D eigenvalue weighted by Gasteiger charge is -2.08. The van der Waals surface area contributed by atoms with E-state index in [2.05, 4.69) is 20.5 Å². The molecule has 162 valence electrons. The first kappa shape index (κ1) is 20.7. The number of nitrogens with zero attached hydrogens (tertiary/aromatic N) is 2. The fourth-order valence-corrected chi connectivity index (χ4v) is 3.41. The molecule has 1 aliphatic rings. The summed E-state index contributed by atoms with van der Waals surface area (Å²) < 4.78 is 48.6. The Kier molecular flexibility index (Phi) is 5.30. The number of anilines is 1. The normalized spacial score (nSPS) is 17.8. The molecule has 1 amide bonds. The standard InChI is InChI=1S/C21H19F3N4O3/c1-30-13-7-8-14(17(9-13)31-2)18-25-20(28-27-18)26-19(29)16-10-15(16)11-3-5-12(6-4-11)21(22,23)24/h3-9,15-16H,10H2,1-2H3,(H2,25,26,27,28,29). The third-order valence-corrected chi connectivity index (χ3v) is 5.18. The van der Waals surface area contributed by atoms with Crippen LogP contribution in [0.25, 0.3) is 11.4 Å². The van der Waals surface area contributed by atoms with Gasteiger partial charge in [0.1, 0.15) is 11.5 Å². The summed E-state index contributed by atoms with van der Waals surface area (Å²) in [6, 6.07) is 10.1. The van der Waals surface area contributed by atoms with Crippen molar-refractivity contribution in [2.75, 3.05) is 19.5 Å². The Balaban J connectivity index is 1.41. The minimum absolute atomic E-state index is 0.107. The lowest BCUT2D eigenvalue weighted by Crippen LogP contribution is -2.15. The maximum atomic E-state index is 12.7. The van der Waals surface area contributed by atoms with E-state index in [0.29, 0.717) is 34.9 Å². The van der Waals surface area contributed by atoms with Crippen molar-refractivity contribution in [1.29, 1.82) is 0 Å². The van der Waals surface area contributed by atoms with Gasteiger partial charge in [-0.15, -0.1) is 5.10 Å². The van der Waals surface area contributed by atoms with Crippen molar-refractivity contribution in [3.8, 4) is 22.9 Å². The van der Waals surface area contributed by atoms with Crippen LogP contribution < -0.4 is 14.8 Å². The first-order valence-corrected chi connectivity index (χ1v) is 9.43. The molecule has 2 atom stereocenters. The maximum absolute atomic E-state index is 12.7. The maximum Gasteiger partial charge on any atom is 0.416 e. The van der Waals surface area contributed by atoms with Crippen LogP contribution in [0.1, 0.15) is 23.5 Å². The molecule has 0 saturated heterocycles. The van der Waals surface area contributed by atoms with Gasteiger partial charge in [0.2, 0.25) is 11.9 Å². The van der Waals surface area contributed by atoms with Gasteiger partial charge in [0.15, 0.2) is 5.82 Å². The molecule has 10 heteroatoms. The van der Waals surface area contributed by atoms with Crippen LogP contribution in [0, 0.1) is 5.92 Å². The van der Waals surface area contributed by atoms with Gasteiger partial charge in [-0.3, -0.25) is 15.2 Å². The molecule has 7 nitrogen and oxygen atoms in total. The smallest absolute Gasteiger partial charge is 0.416 e. The number of methoxy groups -OCH3 is 2. The number of nitrogens with one attached hydrogen (secondary N) is 2. The highest BCUT2D eigenvalue weighted by Crippen LogP contribution is 2.48. The molecule has 1 aromatic heterocycles. The first-order valence-electron chi connectivity index (χ1n) is 9.43. The number of hydrogen-bond donors (Lipinski definition) is 2. The molecule has 4 rings (SSSR count). The summed E-state index contributed by atoms with van der Waals surface area (Å²) in [5.41, 5.74) is 0.636. The van der Waals surface area contributed by atoms with Gasteiger partial charge >= 0.3 is 6.18 Å². The van der Waals surface area contributed by atoms with Crippen molar-refractivity contribution in [3.63, 3.8) is 0 Å². The second kappa shape index (κ2) is 7.93. The largest absolute Gasteiger partial charge is 0.497 e. The van der Waals surface area contributed by atoms with E-state index in [0.717, 1.165) is 12.1 Å². The number of aromatic nitrogens is 3. The van der Waals surface area contributed by atoms with E-state index in [-0.39, 0.29) is 23.7 Å². The van der Waals surface area contributed by atoms with E-state index in [1.807, 2.05) is 0 Å². The zero-order chi connectivity index (χ0) is 22.2. The fraction of sp³-hybridized carbons (Fsp3) is 0.286. The lowest BCUT2D eigenvalue weighted by atomic mass is 10.1. The molecule has 2 unspecified atom stereocenters. The Morgan fingerprint density at radius 2 is 1.87 bits per heavy atom. The second-order valence-corrected chi connectivity index (χ2v) is 7.13. The highest BCUT2D eigenvalue weighted by Gasteiger charge is 2.44. The average Bonchev–Trinajstić information content (AvgIpc) is 3.44. The van der Waals surface area contributed by atoms with Crippen molar-refractivity contribution < 1.29 is 27.4 Å². The Labute approximate surface area is 175 Å². The Hall–Kier alpha value is -3.56.